The second-order valence-electron chi connectivity index (χ2n) is 6.55. The number of ether oxygens (including phenoxy) is 1. The standard InChI is InChI=1S/C21H20ClN5O2/c1-23-20-17-7-6-15(22)13-18(17)27(21(28)25-20)16-5-3-4-14(12-16)9-11-29-19-8-10-24-26(19)2/h3-8,10,12-13H,9,11H2,1-2H3,(H,23,25,28). The Kier molecular flexibility index (Phi) is 5.22. The minimum Gasteiger partial charge on any atom is -0.477 e. The summed E-state index contributed by atoms with van der Waals surface area (Å²) in [6.07, 6.45) is 2.38. The van der Waals surface area contributed by atoms with Gasteiger partial charge in [0, 0.05) is 37.0 Å². The van der Waals surface area contributed by atoms with E-state index in [0.717, 1.165) is 16.6 Å². The summed E-state index contributed by atoms with van der Waals surface area (Å²) in [5.41, 5.74) is 2.11. The Labute approximate surface area is 172 Å². The van der Waals surface area contributed by atoms with Crippen LogP contribution in [0.15, 0.2) is 59.5 Å². The smallest absolute Gasteiger partial charge is 0.354 e. The number of rotatable bonds is 6. The lowest BCUT2D eigenvalue weighted by atomic mass is 10.1. The lowest BCUT2D eigenvalue weighted by molar-refractivity contribution is 0.294. The summed E-state index contributed by atoms with van der Waals surface area (Å²) < 4.78 is 9.02. The summed E-state index contributed by atoms with van der Waals surface area (Å²) >= 11 is 6.21. The van der Waals surface area contributed by atoms with E-state index in [0.29, 0.717) is 35.3 Å². The molecular weight excluding hydrogens is 390 g/mol. The van der Waals surface area contributed by atoms with Crippen LogP contribution in [-0.2, 0) is 13.5 Å². The van der Waals surface area contributed by atoms with Gasteiger partial charge in [0.05, 0.1) is 24.0 Å². The molecule has 148 valence electrons. The van der Waals surface area contributed by atoms with Crippen molar-refractivity contribution in [1.82, 2.24) is 19.3 Å². The van der Waals surface area contributed by atoms with Crippen LogP contribution in [0.25, 0.3) is 16.6 Å². The summed E-state index contributed by atoms with van der Waals surface area (Å²) in [5.74, 6) is 1.24. The summed E-state index contributed by atoms with van der Waals surface area (Å²) in [6, 6.07) is 15.0. The quantitative estimate of drug-likeness (QED) is 0.528. The van der Waals surface area contributed by atoms with Gasteiger partial charge in [-0.25, -0.2) is 9.48 Å². The molecule has 2 heterocycles. The lowest BCUT2D eigenvalue weighted by Crippen LogP contribution is -2.23. The van der Waals surface area contributed by atoms with E-state index in [1.165, 1.54) is 0 Å². The van der Waals surface area contributed by atoms with Gasteiger partial charge in [-0.05, 0) is 35.9 Å². The number of nitrogens with one attached hydrogen (secondary N) is 1. The third-order valence-corrected chi connectivity index (χ3v) is 4.91. The maximum absolute atomic E-state index is 12.8. The molecule has 0 aliphatic rings. The van der Waals surface area contributed by atoms with Crippen LogP contribution >= 0.6 is 11.6 Å². The molecule has 8 heteroatoms. The normalized spacial score (nSPS) is 11.0. The van der Waals surface area contributed by atoms with E-state index in [-0.39, 0.29) is 5.69 Å². The Hall–Kier alpha value is -3.32. The molecule has 2 aromatic heterocycles. The highest BCUT2D eigenvalue weighted by atomic mass is 35.5. The van der Waals surface area contributed by atoms with Crippen molar-refractivity contribution in [3.05, 3.63) is 75.8 Å². The van der Waals surface area contributed by atoms with Crippen molar-refractivity contribution in [1.29, 1.82) is 0 Å². The molecule has 0 aliphatic carbocycles. The molecule has 0 amide bonds. The Morgan fingerprint density at radius 1 is 1.17 bits per heavy atom. The first-order valence-electron chi connectivity index (χ1n) is 9.17. The summed E-state index contributed by atoms with van der Waals surface area (Å²) in [5, 5.41) is 8.44. The number of nitrogens with zero attached hydrogens (tertiary/aromatic N) is 4. The first kappa shape index (κ1) is 19.0. The maximum atomic E-state index is 12.8. The molecule has 4 aromatic rings. The number of anilines is 1. The van der Waals surface area contributed by atoms with Gasteiger partial charge in [-0.1, -0.05) is 23.7 Å². The number of benzene rings is 2. The first-order valence-corrected chi connectivity index (χ1v) is 9.55. The Morgan fingerprint density at radius 3 is 2.79 bits per heavy atom. The third-order valence-electron chi connectivity index (χ3n) is 4.68. The second-order valence-corrected chi connectivity index (χ2v) is 6.99. The highest BCUT2D eigenvalue weighted by Gasteiger charge is 2.12. The van der Waals surface area contributed by atoms with Crippen molar-refractivity contribution in [2.24, 2.45) is 7.05 Å². The van der Waals surface area contributed by atoms with Crippen LogP contribution in [0.1, 0.15) is 5.56 Å². The number of halogens is 1. The van der Waals surface area contributed by atoms with Crippen molar-refractivity contribution >= 4 is 28.3 Å². The number of hydrogen-bond donors (Lipinski definition) is 1. The molecule has 1 N–H and O–H groups in total. The third kappa shape index (κ3) is 3.82. The van der Waals surface area contributed by atoms with E-state index < -0.39 is 0 Å². The van der Waals surface area contributed by atoms with Crippen LogP contribution in [0.4, 0.5) is 5.82 Å². The summed E-state index contributed by atoms with van der Waals surface area (Å²) in [6.45, 7) is 0.501. The van der Waals surface area contributed by atoms with Crippen LogP contribution in [-0.4, -0.2) is 33.0 Å². The topological polar surface area (TPSA) is 74.0 Å². The molecule has 0 fully saturated rings. The van der Waals surface area contributed by atoms with Gasteiger partial charge in [-0.15, -0.1) is 0 Å². The van der Waals surface area contributed by atoms with Crippen molar-refractivity contribution in [3.8, 4) is 11.6 Å². The van der Waals surface area contributed by atoms with Gasteiger partial charge in [-0.3, -0.25) is 4.57 Å². The highest BCUT2D eigenvalue weighted by molar-refractivity contribution is 6.31. The van der Waals surface area contributed by atoms with E-state index in [4.69, 9.17) is 16.3 Å². The Morgan fingerprint density at radius 2 is 2.03 bits per heavy atom. The molecular formula is C21H20ClN5O2. The van der Waals surface area contributed by atoms with Crippen molar-refractivity contribution in [2.75, 3.05) is 19.0 Å². The van der Waals surface area contributed by atoms with Gasteiger partial charge in [0.25, 0.3) is 0 Å². The van der Waals surface area contributed by atoms with Crippen LogP contribution in [0.2, 0.25) is 5.02 Å². The molecule has 0 atom stereocenters. The molecule has 29 heavy (non-hydrogen) atoms. The molecule has 2 aromatic carbocycles. The average molecular weight is 410 g/mol. The Balaban J connectivity index is 1.68. The Bertz CT molecular complexity index is 1230. The molecule has 0 radical (unpaired) electrons. The molecule has 7 nitrogen and oxygen atoms in total. The molecule has 0 saturated carbocycles. The predicted molar refractivity (Wildman–Crippen MR) is 114 cm³/mol. The van der Waals surface area contributed by atoms with Gasteiger partial charge in [0.2, 0.25) is 5.88 Å². The molecule has 0 saturated heterocycles. The number of hydrogen-bond acceptors (Lipinski definition) is 5. The zero-order valence-electron chi connectivity index (χ0n) is 16.1. The maximum Gasteiger partial charge on any atom is 0.354 e. The van der Waals surface area contributed by atoms with Gasteiger partial charge < -0.3 is 10.1 Å². The van der Waals surface area contributed by atoms with Crippen LogP contribution in [0, 0.1) is 0 Å². The van der Waals surface area contributed by atoms with Gasteiger partial charge >= 0.3 is 5.69 Å². The minimum atomic E-state index is -0.368. The summed E-state index contributed by atoms with van der Waals surface area (Å²) in [7, 11) is 3.57. The highest BCUT2D eigenvalue weighted by Crippen LogP contribution is 2.25. The predicted octanol–water partition coefficient (Wildman–Crippen LogP) is 3.44. The summed E-state index contributed by atoms with van der Waals surface area (Å²) in [4.78, 5) is 17.0. The van der Waals surface area contributed by atoms with Crippen LogP contribution in [0.3, 0.4) is 0 Å². The number of aromatic nitrogens is 4. The molecule has 4 rings (SSSR count). The van der Waals surface area contributed by atoms with E-state index >= 15 is 0 Å². The number of aryl methyl sites for hydroxylation is 1. The lowest BCUT2D eigenvalue weighted by Gasteiger charge is -2.14. The second kappa shape index (κ2) is 7.97. The largest absolute Gasteiger partial charge is 0.477 e. The van der Waals surface area contributed by atoms with Gasteiger partial charge in [-0.2, -0.15) is 10.1 Å². The number of fused-ring (bicyclic) bond motifs is 1. The zero-order valence-corrected chi connectivity index (χ0v) is 16.8. The fourth-order valence-corrected chi connectivity index (χ4v) is 3.43. The minimum absolute atomic E-state index is 0.368. The van der Waals surface area contributed by atoms with E-state index in [9.17, 15) is 4.79 Å². The monoisotopic (exact) mass is 409 g/mol. The first-order chi connectivity index (χ1) is 14.1. The van der Waals surface area contributed by atoms with Gasteiger partial charge in [0.15, 0.2) is 0 Å². The molecule has 0 unspecified atom stereocenters. The van der Waals surface area contributed by atoms with Crippen LogP contribution < -0.4 is 15.7 Å². The van der Waals surface area contributed by atoms with E-state index in [1.807, 2.05) is 43.4 Å². The van der Waals surface area contributed by atoms with Gasteiger partial charge in [0.1, 0.15) is 5.82 Å². The zero-order chi connectivity index (χ0) is 20.4. The average Bonchev–Trinajstić information content (AvgIpc) is 3.12. The van der Waals surface area contributed by atoms with Crippen molar-refractivity contribution in [2.45, 2.75) is 6.42 Å². The fourth-order valence-electron chi connectivity index (χ4n) is 3.27. The SMILES string of the molecule is CNc1nc(=O)n(-c2cccc(CCOc3ccnn3C)c2)c2cc(Cl)ccc12. The van der Waals surface area contributed by atoms with Crippen molar-refractivity contribution in [3.63, 3.8) is 0 Å². The van der Waals surface area contributed by atoms with E-state index in [2.05, 4.69) is 15.4 Å². The molecule has 0 bridgehead atoms. The van der Waals surface area contributed by atoms with E-state index in [1.54, 1.807) is 34.6 Å². The fraction of sp³-hybridized carbons (Fsp3) is 0.190. The molecule has 0 aliphatic heterocycles. The van der Waals surface area contributed by atoms with Crippen LogP contribution in [0.5, 0.6) is 5.88 Å². The van der Waals surface area contributed by atoms with Crippen molar-refractivity contribution < 1.29 is 4.74 Å². The molecule has 0 spiro atoms.